The van der Waals surface area contributed by atoms with E-state index in [1.165, 1.54) is 12.2 Å². The summed E-state index contributed by atoms with van der Waals surface area (Å²) in [6.45, 7) is 0. The van der Waals surface area contributed by atoms with Gasteiger partial charge in [-0.15, -0.1) is 0 Å². The van der Waals surface area contributed by atoms with Crippen molar-refractivity contribution >= 4 is 30.1 Å². The van der Waals surface area contributed by atoms with Crippen LogP contribution < -0.4 is 10.9 Å². The predicted molar refractivity (Wildman–Crippen MR) is 98.5 cm³/mol. The lowest BCUT2D eigenvalue weighted by Gasteiger charge is -2.21. The maximum Gasteiger partial charge on any atom is 0.371 e. The summed E-state index contributed by atoms with van der Waals surface area (Å²) in [5.74, 6) is -6.11. The predicted octanol–water partition coefficient (Wildman–Crippen LogP) is -0.254. The molecule has 0 bridgehead atoms. The van der Waals surface area contributed by atoms with Crippen molar-refractivity contribution in [1.29, 1.82) is 0 Å². The molecule has 1 aliphatic rings. The number of carboxylic acid groups (broad SMARTS) is 4. The van der Waals surface area contributed by atoms with Gasteiger partial charge in [0, 0.05) is 25.1 Å². The van der Waals surface area contributed by atoms with Crippen LogP contribution in [-0.4, -0.2) is 62.6 Å². The van der Waals surface area contributed by atoms with Crippen LogP contribution in [0.2, 0.25) is 0 Å². The van der Waals surface area contributed by atoms with Gasteiger partial charge in [0.15, 0.2) is 6.04 Å². The molecule has 12 heteroatoms. The van der Waals surface area contributed by atoms with Crippen LogP contribution in [0.1, 0.15) is 22.5 Å². The molecule has 12 nitrogen and oxygen atoms in total. The first-order valence-electron chi connectivity index (χ1n) is 8.33. The van der Waals surface area contributed by atoms with Crippen LogP contribution >= 0.6 is 0 Å². The first kappa shape index (κ1) is 22.1. The van der Waals surface area contributed by atoms with Gasteiger partial charge in [0.1, 0.15) is 11.7 Å². The minimum absolute atomic E-state index is 0.0580. The Morgan fingerprint density at radius 1 is 1.17 bits per heavy atom. The summed E-state index contributed by atoms with van der Waals surface area (Å²) in [5.41, 5.74) is -0.914. The van der Waals surface area contributed by atoms with E-state index in [0.717, 1.165) is 18.3 Å². The highest BCUT2D eigenvalue weighted by atomic mass is 16.4. The summed E-state index contributed by atoms with van der Waals surface area (Å²) >= 11 is 0. The third-order valence-electron chi connectivity index (χ3n) is 3.94. The molecule has 0 saturated carbocycles. The summed E-state index contributed by atoms with van der Waals surface area (Å²) in [6.07, 6.45) is 3.19. The SMILES string of the molecule is O=C(O)C1=CC(=CC=N[C@H](Cc2cc(C(=O)O)oc(=O)c2)C(=O)O)C[C@@H](C(=O)O)N1. The van der Waals surface area contributed by atoms with Gasteiger partial charge in [-0.05, 0) is 29.4 Å². The number of hydrogen-bond acceptors (Lipinski definition) is 8. The van der Waals surface area contributed by atoms with Crippen molar-refractivity contribution in [3.05, 3.63) is 57.3 Å². The molecule has 0 aliphatic carbocycles. The molecule has 2 atom stereocenters. The fourth-order valence-electron chi connectivity index (χ4n) is 2.57. The summed E-state index contributed by atoms with van der Waals surface area (Å²) in [5, 5.41) is 38.7. The minimum Gasteiger partial charge on any atom is -0.480 e. The normalized spacial score (nSPS) is 18.5. The number of rotatable bonds is 8. The number of aliphatic carboxylic acids is 3. The Morgan fingerprint density at radius 3 is 2.43 bits per heavy atom. The third kappa shape index (κ3) is 5.89. The smallest absolute Gasteiger partial charge is 0.371 e. The number of hydrogen-bond donors (Lipinski definition) is 5. The molecule has 2 heterocycles. The average molecular weight is 420 g/mol. The number of aliphatic imine (C=N–C) groups is 1. The zero-order valence-electron chi connectivity index (χ0n) is 15.1. The van der Waals surface area contributed by atoms with Crippen molar-refractivity contribution in [2.24, 2.45) is 4.99 Å². The van der Waals surface area contributed by atoms with Gasteiger partial charge in [-0.3, -0.25) is 4.99 Å². The van der Waals surface area contributed by atoms with E-state index in [4.69, 9.17) is 15.3 Å². The Hall–Kier alpha value is -4.22. The molecule has 0 amide bonds. The van der Waals surface area contributed by atoms with Gasteiger partial charge in [-0.2, -0.15) is 0 Å². The first-order valence-corrected chi connectivity index (χ1v) is 8.33. The summed E-state index contributed by atoms with van der Waals surface area (Å²) in [7, 11) is 0. The van der Waals surface area contributed by atoms with Crippen LogP contribution in [-0.2, 0) is 20.8 Å². The molecular formula is C18H16N2O10. The number of carbonyl (C=O) groups is 4. The number of carboxylic acids is 4. The number of allylic oxidation sites excluding steroid dienone is 2. The molecule has 1 aliphatic heterocycles. The minimum atomic E-state index is -1.49. The molecule has 30 heavy (non-hydrogen) atoms. The molecular weight excluding hydrogens is 404 g/mol. The van der Waals surface area contributed by atoms with Crippen molar-refractivity contribution in [1.82, 2.24) is 5.32 Å². The number of aromatic carboxylic acids is 1. The molecule has 0 fully saturated rings. The zero-order valence-corrected chi connectivity index (χ0v) is 15.1. The molecule has 0 saturated heterocycles. The second-order valence-corrected chi connectivity index (χ2v) is 6.15. The van der Waals surface area contributed by atoms with Crippen LogP contribution in [0.5, 0.6) is 0 Å². The lowest BCUT2D eigenvalue weighted by Crippen LogP contribution is -2.41. The van der Waals surface area contributed by atoms with Crippen molar-refractivity contribution in [3.63, 3.8) is 0 Å². The highest BCUT2D eigenvalue weighted by Crippen LogP contribution is 2.16. The summed E-state index contributed by atoms with van der Waals surface area (Å²) < 4.78 is 4.48. The van der Waals surface area contributed by atoms with E-state index in [1.54, 1.807) is 0 Å². The van der Waals surface area contributed by atoms with Crippen LogP contribution in [0.3, 0.4) is 0 Å². The van der Waals surface area contributed by atoms with Gasteiger partial charge in [0.25, 0.3) is 0 Å². The van der Waals surface area contributed by atoms with E-state index >= 15 is 0 Å². The van der Waals surface area contributed by atoms with Gasteiger partial charge in [0.2, 0.25) is 5.76 Å². The molecule has 0 spiro atoms. The molecule has 158 valence electrons. The second kappa shape index (κ2) is 9.32. The van der Waals surface area contributed by atoms with Crippen molar-refractivity contribution in [2.45, 2.75) is 24.9 Å². The highest BCUT2D eigenvalue weighted by molar-refractivity contribution is 5.90. The van der Waals surface area contributed by atoms with E-state index in [2.05, 4.69) is 14.7 Å². The molecule has 0 unspecified atom stereocenters. The van der Waals surface area contributed by atoms with Gasteiger partial charge in [-0.1, -0.05) is 0 Å². The Balaban J connectivity index is 2.24. The number of nitrogens with one attached hydrogen (secondary N) is 1. The lowest BCUT2D eigenvalue weighted by atomic mass is 10.00. The molecule has 0 aromatic carbocycles. The maximum atomic E-state index is 11.4. The Labute approximate surface area is 167 Å². The average Bonchev–Trinajstić information content (AvgIpc) is 2.66. The van der Waals surface area contributed by atoms with E-state index in [-0.39, 0.29) is 24.1 Å². The van der Waals surface area contributed by atoms with Crippen LogP contribution in [0.4, 0.5) is 0 Å². The fraction of sp³-hybridized carbons (Fsp3) is 0.222. The Kier molecular flexibility index (Phi) is 6.86. The number of nitrogens with zero attached hydrogens (tertiary/aromatic N) is 1. The third-order valence-corrected chi connectivity index (χ3v) is 3.94. The van der Waals surface area contributed by atoms with Gasteiger partial charge < -0.3 is 30.2 Å². The second-order valence-electron chi connectivity index (χ2n) is 6.15. The standard InChI is InChI=1S/C18H16N2O10/c21-14-7-9(6-13(30-14)18(28)29)5-10(15(22)23)19-2-1-8-3-11(16(24)25)20-12(4-8)17(26)27/h1-3,6-7,10,12,20H,4-5H2,(H,22,23)(H,24,25)(H,26,27)(H,28,29)/t10-,12+/m1/s1. The lowest BCUT2D eigenvalue weighted by molar-refractivity contribution is -0.140. The van der Waals surface area contributed by atoms with Gasteiger partial charge >= 0.3 is 29.5 Å². The largest absolute Gasteiger partial charge is 0.480 e. The van der Waals surface area contributed by atoms with Gasteiger partial charge in [-0.25, -0.2) is 24.0 Å². The van der Waals surface area contributed by atoms with E-state index in [1.807, 2.05) is 0 Å². The molecule has 1 aromatic heterocycles. The molecule has 5 N–H and O–H groups in total. The fourth-order valence-corrected chi connectivity index (χ4v) is 2.57. The van der Waals surface area contributed by atoms with Crippen LogP contribution in [0, 0.1) is 0 Å². The Morgan fingerprint density at radius 2 is 1.87 bits per heavy atom. The molecule has 2 rings (SSSR count). The van der Waals surface area contributed by atoms with Gasteiger partial charge in [0.05, 0.1) is 0 Å². The monoisotopic (exact) mass is 420 g/mol. The quantitative estimate of drug-likeness (QED) is 0.347. The maximum absolute atomic E-state index is 11.4. The van der Waals surface area contributed by atoms with E-state index in [9.17, 15) is 29.1 Å². The van der Waals surface area contributed by atoms with Crippen LogP contribution in [0.25, 0.3) is 0 Å². The zero-order chi connectivity index (χ0) is 22.4. The summed E-state index contributed by atoms with van der Waals surface area (Å²) in [6, 6.07) is -0.596. The molecule has 0 radical (unpaired) electrons. The topological polar surface area (TPSA) is 204 Å². The van der Waals surface area contributed by atoms with E-state index < -0.39 is 47.3 Å². The first-order chi connectivity index (χ1) is 14.1. The van der Waals surface area contributed by atoms with Crippen molar-refractivity contribution in [2.75, 3.05) is 0 Å². The van der Waals surface area contributed by atoms with E-state index in [0.29, 0.717) is 5.57 Å². The van der Waals surface area contributed by atoms with Crippen LogP contribution in [0.15, 0.2) is 49.8 Å². The summed E-state index contributed by atoms with van der Waals surface area (Å²) in [4.78, 5) is 59.9. The van der Waals surface area contributed by atoms with Crippen molar-refractivity contribution < 1.29 is 44.0 Å². The highest BCUT2D eigenvalue weighted by Gasteiger charge is 2.26. The Bertz CT molecular complexity index is 1030. The molecule has 1 aromatic rings. The van der Waals surface area contributed by atoms with Crippen molar-refractivity contribution in [3.8, 4) is 0 Å².